The van der Waals surface area contributed by atoms with Crippen molar-refractivity contribution in [3.05, 3.63) is 95.6 Å². The van der Waals surface area contributed by atoms with Crippen molar-refractivity contribution in [2.75, 3.05) is 18.1 Å². The van der Waals surface area contributed by atoms with E-state index in [1.165, 1.54) is 4.90 Å². The van der Waals surface area contributed by atoms with Crippen molar-refractivity contribution in [1.82, 2.24) is 5.32 Å². The number of hydrogen-bond acceptors (Lipinski definition) is 5. The molecule has 0 bridgehead atoms. The lowest BCUT2D eigenvalue weighted by molar-refractivity contribution is -0.155. The lowest BCUT2D eigenvalue weighted by Gasteiger charge is -2.29. The first-order chi connectivity index (χ1) is 16.0. The average molecular weight is 444 g/mol. The molecule has 0 aliphatic carbocycles. The molecular formula is C26H24N2O5. The molecule has 2 amide bonds. The van der Waals surface area contributed by atoms with E-state index in [9.17, 15) is 14.4 Å². The molecule has 1 N–H and O–H groups in total. The first-order valence-electron chi connectivity index (χ1n) is 10.6. The number of hydrogen-bond donors (Lipinski definition) is 1. The van der Waals surface area contributed by atoms with Crippen LogP contribution in [0, 0.1) is 6.92 Å². The highest BCUT2D eigenvalue weighted by Gasteiger charge is 2.31. The van der Waals surface area contributed by atoms with Gasteiger partial charge in [0.25, 0.3) is 11.8 Å². The van der Waals surface area contributed by atoms with Crippen molar-refractivity contribution in [3.8, 4) is 5.75 Å². The summed E-state index contributed by atoms with van der Waals surface area (Å²) in [6.45, 7) is 1.70. The third kappa shape index (κ3) is 5.38. The Kier molecular flexibility index (Phi) is 6.69. The number of nitrogens with one attached hydrogen (secondary N) is 1. The Balaban J connectivity index is 1.49. The van der Waals surface area contributed by atoms with Crippen molar-refractivity contribution < 1.29 is 23.9 Å². The summed E-state index contributed by atoms with van der Waals surface area (Å²) >= 11 is 0. The van der Waals surface area contributed by atoms with Gasteiger partial charge in [-0.2, -0.15) is 0 Å². The highest BCUT2D eigenvalue weighted by molar-refractivity contribution is 6.01. The lowest BCUT2D eigenvalue weighted by atomic mass is 10.1. The fourth-order valence-corrected chi connectivity index (χ4v) is 3.56. The van der Waals surface area contributed by atoms with Gasteiger partial charge < -0.3 is 14.8 Å². The topological polar surface area (TPSA) is 84.9 Å². The second-order valence-electron chi connectivity index (χ2n) is 7.72. The Morgan fingerprint density at radius 2 is 1.73 bits per heavy atom. The van der Waals surface area contributed by atoms with Crippen molar-refractivity contribution in [3.63, 3.8) is 0 Å². The molecule has 7 nitrogen and oxygen atoms in total. The van der Waals surface area contributed by atoms with Gasteiger partial charge >= 0.3 is 5.97 Å². The number of benzene rings is 3. The maximum Gasteiger partial charge on any atom is 0.327 e. The largest absolute Gasteiger partial charge is 0.482 e. The minimum Gasteiger partial charge on any atom is -0.482 e. The number of rotatable bonds is 7. The first-order valence-corrected chi connectivity index (χ1v) is 10.6. The summed E-state index contributed by atoms with van der Waals surface area (Å²) in [5.41, 5.74) is 2.90. The number of aryl methyl sites for hydroxylation is 1. The molecule has 1 atom stereocenters. The lowest BCUT2D eigenvalue weighted by Crippen LogP contribution is -2.43. The molecule has 33 heavy (non-hydrogen) atoms. The second-order valence-corrected chi connectivity index (χ2v) is 7.72. The van der Waals surface area contributed by atoms with Crippen molar-refractivity contribution in [2.24, 2.45) is 0 Å². The van der Waals surface area contributed by atoms with Crippen LogP contribution in [0.5, 0.6) is 5.75 Å². The summed E-state index contributed by atoms with van der Waals surface area (Å²) in [5, 5.41) is 2.82. The number of carbonyl (C=O) groups excluding carboxylic acids is 3. The number of amides is 2. The van der Waals surface area contributed by atoms with Crippen LogP contribution in [0.25, 0.3) is 0 Å². The van der Waals surface area contributed by atoms with Crippen molar-refractivity contribution in [1.29, 1.82) is 0 Å². The van der Waals surface area contributed by atoms with E-state index in [4.69, 9.17) is 9.47 Å². The minimum absolute atomic E-state index is 0.164. The van der Waals surface area contributed by atoms with Crippen LogP contribution in [-0.2, 0) is 25.7 Å². The molecular weight excluding hydrogens is 420 g/mol. The van der Waals surface area contributed by atoms with Gasteiger partial charge in [0, 0.05) is 12.1 Å². The Hall–Kier alpha value is -4.13. The van der Waals surface area contributed by atoms with Gasteiger partial charge in [0.1, 0.15) is 12.3 Å². The number of nitrogens with zero attached hydrogens (tertiary/aromatic N) is 1. The van der Waals surface area contributed by atoms with Gasteiger partial charge in [-0.05, 0) is 30.2 Å². The van der Waals surface area contributed by atoms with Gasteiger partial charge in [0.2, 0.25) is 6.10 Å². The van der Waals surface area contributed by atoms with Crippen LogP contribution in [-0.4, -0.2) is 30.9 Å². The van der Waals surface area contributed by atoms with Crippen LogP contribution < -0.4 is 15.0 Å². The zero-order chi connectivity index (χ0) is 23.2. The highest BCUT2D eigenvalue weighted by Crippen LogP contribution is 2.33. The molecule has 1 unspecified atom stereocenters. The summed E-state index contributed by atoms with van der Waals surface area (Å²) in [5.74, 6) is -0.965. The van der Waals surface area contributed by atoms with Crippen molar-refractivity contribution in [2.45, 2.75) is 19.6 Å². The predicted octanol–water partition coefficient (Wildman–Crippen LogP) is 3.32. The number of ether oxygens (including phenoxy) is 2. The Morgan fingerprint density at radius 3 is 2.45 bits per heavy atom. The summed E-state index contributed by atoms with van der Waals surface area (Å²) in [7, 11) is 0. The van der Waals surface area contributed by atoms with Crippen LogP contribution in [0.4, 0.5) is 5.69 Å². The molecule has 1 heterocycles. The molecule has 3 aromatic rings. The maximum absolute atomic E-state index is 13.0. The predicted molar refractivity (Wildman–Crippen MR) is 123 cm³/mol. The number of carbonyl (C=O) groups is 3. The molecule has 0 fully saturated rings. The molecule has 168 valence electrons. The van der Waals surface area contributed by atoms with Gasteiger partial charge in [0.15, 0.2) is 6.61 Å². The van der Waals surface area contributed by atoms with E-state index in [1.54, 1.807) is 36.4 Å². The third-order valence-electron chi connectivity index (χ3n) is 5.24. The zero-order valence-corrected chi connectivity index (χ0v) is 18.2. The number of fused-ring (bicyclic) bond motifs is 1. The van der Waals surface area contributed by atoms with E-state index < -0.39 is 18.0 Å². The molecule has 1 aliphatic heterocycles. The normalized spacial score (nSPS) is 13.5. The standard InChI is InChI=1S/C26H24N2O5/c1-18-12-13-22-21(14-18)28(23(29)17-32-22)16-24(30)33-25(20-10-6-3-7-11-20)26(31)27-15-19-8-4-2-5-9-19/h2-14,25H,15-17H2,1H3,(H,27,31). The Bertz CT molecular complexity index is 1150. The van der Waals surface area contributed by atoms with Gasteiger partial charge in [0.05, 0.1) is 5.69 Å². The van der Waals surface area contributed by atoms with Crippen LogP contribution in [0.15, 0.2) is 78.9 Å². The molecule has 0 saturated heterocycles. The smallest absolute Gasteiger partial charge is 0.327 e. The minimum atomic E-state index is -1.14. The molecule has 4 rings (SSSR count). The van der Waals surface area contributed by atoms with Crippen LogP contribution in [0.1, 0.15) is 22.8 Å². The second kappa shape index (κ2) is 9.99. The van der Waals surface area contributed by atoms with Crippen LogP contribution in [0.2, 0.25) is 0 Å². The maximum atomic E-state index is 13.0. The van der Waals surface area contributed by atoms with Gasteiger partial charge in [-0.1, -0.05) is 66.7 Å². The summed E-state index contributed by atoms with van der Waals surface area (Å²) in [4.78, 5) is 39.6. The summed E-state index contributed by atoms with van der Waals surface area (Å²) in [6, 6.07) is 23.7. The summed E-state index contributed by atoms with van der Waals surface area (Å²) in [6.07, 6.45) is -1.14. The highest BCUT2D eigenvalue weighted by atomic mass is 16.5. The zero-order valence-electron chi connectivity index (χ0n) is 18.2. The van der Waals surface area contributed by atoms with E-state index in [0.717, 1.165) is 11.1 Å². The monoisotopic (exact) mass is 444 g/mol. The van der Waals surface area contributed by atoms with Gasteiger partial charge in [-0.3, -0.25) is 19.3 Å². The van der Waals surface area contributed by atoms with Crippen LogP contribution >= 0.6 is 0 Å². The van der Waals surface area contributed by atoms with E-state index in [2.05, 4.69) is 5.32 Å². The van der Waals surface area contributed by atoms with E-state index in [0.29, 0.717) is 23.5 Å². The number of anilines is 1. The van der Waals surface area contributed by atoms with Gasteiger partial charge in [-0.25, -0.2) is 0 Å². The Labute approximate surface area is 191 Å². The van der Waals surface area contributed by atoms with Crippen LogP contribution in [0.3, 0.4) is 0 Å². The van der Waals surface area contributed by atoms with Gasteiger partial charge in [-0.15, -0.1) is 0 Å². The van der Waals surface area contributed by atoms with E-state index >= 15 is 0 Å². The van der Waals surface area contributed by atoms with E-state index in [1.807, 2.05) is 49.4 Å². The molecule has 0 spiro atoms. The average Bonchev–Trinajstić information content (AvgIpc) is 2.84. The molecule has 0 radical (unpaired) electrons. The summed E-state index contributed by atoms with van der Waals surface area (Å²) < 4.78 is 11.1. The van der Waals surface area contributed by atoms with E-state index in [-0.39, 0.29) is 19.1 Å². The molecule has 0 saturated carbocycles. The number of esters is 1. The third-order valence-corrected chi connectivity index (χ3v) is 5.24. The quantitative estimate of drug-likeness (QED) is 0.565. The molecule has 0 aromatic heterocycles. The van der Waals surface area contributed by atoms with Crippen molar-refractivity contribution >= 4 is 23.5 Å². The molecule has 1 aliphatic rings. The first kappa shape index (κ1) is 22.1. The fourth-order valence-electron chi connectivity index (χ4n) is 3.56. The molecule has 7 heteroatoms. The Morgan fingerprint density at radius 1 is 1.03 bits per heavy atom. The molecule has 3 aromatic carbocycles. The fraction of sp³-hybridized carbons (Fsp3) is 0.192. The SMILES string of the molecule is Cc1ccc2c(c1)N(CC(=O)OC(C(=O)NCc1ccccc1)c1ccccc1)C(=O)CO2.